The number of furan rings is 1. The van der Waals surface area contributed by atoms with Crippen LogP contribution in [0, 0.1) is 13.8 Å². The molecule has 4 rings (SSSR count). The molecule has 1 aliphatic rings. The van der Waals surface area contributed by atoms with Crippen molar-refractivity contribution in [3.8, 4) is 0 Å². The second-order valence-electron chi connectivity index (χ2n) is 7.12. The topological polar surface area (TPSA) is 88.3 Å². The van der Waals surface area contributed by atoms with Gasteiger partial charge in [0.05, 0.1) is 28.7 Å². The maximum absolute atomic E-state index is 12.7. The predicted molar refractivity (Wildman–Crippen MR) is 104 cm³/mol. The average molecular weight is 378 g/mol. The van der Waals surface area contributed by atoms with Crippen LogP contribution < -0.4 is 5.32 Å². The highest BCUT2D eigenvalue weighted by Gasteiger charge is 2.26. The van der Waals surface area contributed by atoms with Crippen LogP contribution in [0.1, 0.15) is 45.1 Å². The first-order chi connectivity index (χ1) is 13.5. The summed E-state index contributed by atoms with van der Waals surface area (Å²) in [6, 6.07) is 8.79. The van der Waals surface area contributed by atoms with Crippen LogP contribution >= 0.6 is 0 Å². The molecule has 1 aromatic carbocycles. The molecule has 0 saturated carbocycles. The summed E-state index contributed by atoms with van der Waals surface area (Å²) in [6.45, 7) is 5.01. The Morgan fingerprint density at radius 2 is 1.79 bits per heavy atom. The zero-order chi connectivity index (χ0) is 19.7. The van der Waals surface area contributed by atoms with Gasteiger partial charge in [-0.15, -0.1) is 0 Å². The Morgan fingerprint density at radius 3 is 2.46 bits per heavy atom. The Labute approximate surface area is 162 Å². The monoisotopic (exact) mass is 378 g/mol. The molecular weight excluding hydrogens is 356 g/mol. The summed E-state index contributed by atoms with van der Waals surface area (Å²) < 4.78 is 5.18. The molecule has 0 radical (unpaired) electrons. The van der Waals surface area contributed by atoms with E-state index in [4.69, 9.17) is 4.42 Å². The van der Waals surface area contributed by atoms with Gasteiger partial charge in [-0.2, -0.15) is 0 Å². The summed E-state index contributed by atoms with van der Waals surface area (Å²) in [7, 11) is 0. The van der Waals surface area contributed by atoms with Crippen LogP contribution in [-0.2, 0) is 0 Å². The molecule has 0 atom stereocenters. The number of amides is 2. The molecule has 0 unspecified atom stereocenters. The summed E-state index contributed by atoms with van der Waals surface area (Å²) in [6.07, 6.45) is 2.92. The van der Waals surface area contributed by atoms with Crippen molar-refractivity contribution >= 4 is 22.8 Å². The lowest BCUT2D eigenvalue weighted by Crippen LogP contribution is -2.46. The molecule has 1 fully saturated rings. The molecule has 2 aromatic heterocycles. The Bertz CT molecular complexity index is 1020. The fourth-order valence-corrected chi connectivity index (χ4v) is 3.42. The number of nitrogens with one attached hydrogen (secondary N) is 1. The number of fused-ring (bicyclic) bond motifs is 1. The number of likely N-dealkylation sites (tertiary alicyclic amines) is 1. The van der Waals surface area contributed by atoms with Crippen LogP contribution in [0.15, 0.2) is 41.0 Å². The van der Waals surface area contributed by atoms with E-state index in [0.717, 1.165) is 22.4 Å². The van der Waals surface area contributed by atoms with Gasteiger partial charge >= 0.3 is 0 Å². The number of piperidine rings is 1. The highest BCUT2D eigenvalue weighted by Crippen LogP contribution is 2.17. The van der Waals surface area contributed by atoms with Crippen molar-refractivity contribution in [3.63, 3.8) is 0 Å². The molecule has 2 amide bonds. The second kappa shape index (κ2) is 7.42. The number of carbonyl (C=O) groups excluding carboxylic acids is 2. The van der Waals surface area contributed by atoms with Crippen LogP contribution in [0.5, 0.6) is 0 Å². The Hall–Kier alpha value is -3.22. The van der Waals surface area contributed by atoms with Crippen molar-refractivity contribution in [2.24, 2.45) is 0 Å². The van der Waals surface area contributed by atoms with Gasteiger partial charge in [0.2, 0.25) is 0 Å². The third-order valence-corrected chi connectivity index (χ3v) is 5.19. The lowest BCUT2D eigenvalue weighted by molar-refractivity contribution is 0.0667. The number of carbonyl (C=O) groups is 2. The van der Waals surface area contributed by atoms with Crippen molar-refractivity contribution < 1.29 is 14.0 Å². The zero-order valence-corrected chi connectivity index (χ0v) is 15.9. The third kappa shape index (κ3) is 3.60. The van der Waals surface area contributed by atoms with Crippen molar-refractivity contribution in [2.45, 2.75) is 32.7 Å². The molecule has 7 nitrogen and oxygen atoms in total. The molecule has 3 heterocycles. The number of rotatable bonds is 3. The maximum atomic E-state index is 12.7. The minimum absolute atomic E-state index is 0.0367. The molecule has 7 heteroatoms. The molecule has 1 N–H and O–H groups in total. The largest absolute Gasteiger partial charge is 0.459 e. The van der Waals surface area contributed by atoms with Crippen LogP contribution in [0.25, 0.3) is 11.0 Å². The van der Waals surface area contributed by atoms with E-state index in [1.807, 2.05) is 19.9 Å². The summed E-state index contributed by atoms with van der Waals surface area (Å²) in [5, 5.41) is 3.07. The second-order valence-corrected chi connectivity index (χ2v) is 7.12. The van der Waals surface area contributed by atoms with Gasteiger partial charge in [-0.25, -0.2) is 9.97 Å². The molecule has 0 aliphatic carbocycles. The van der Waals surface area contributed by atoms with Crippen LogP contribution in [0.4, 0.5) is 0 Å². The van der Waals surface area contributed by atoms with Crippen LogP contribution in [0.2, 0.25) is 0 Å². The average Bonchev–Trinajstić information content (AvgIpc) is 3.23. The van der Waals surface area contributed by atoms with Crippen molar-refractivity contribution in [1.82, 2.24) is 20.2 Å². The van der Waals surface area contributed by atoms with Gasteiger partial charge in [-0.05, 0) is 57.0 Å². The van der Waals surface area contributed by atoms with Gasteiger partial charge in [0.1, 0.15) is 0 Å². The first-order valence-electron chi connectivity index (χ1n) is 9.40. The summed E-state index contributed by atoms with van der Waals surface area (Å²) in [5.41, 5.74) is 3.82. The molecule has 1 aliphatic heterocycles. The molecule has 28 heavy (non-hydrogen) atoms. The van der Waals surface area contributed by atoms with Crippen LogP contribution in [0.3, 0.4) is 0 Å². The molecule has 3 aromatic rings. The quantitative estimate of drug-likeness (QED) is 0.757. The molecule has 0 spiro atoms. The van der Waals surface area contributed by atoms with Gasteiger partial charge in [0.15, 0.2) is 5.76 Å². The first kappa shape index (κ1) is 18.2. The number of nitrogens with zero attached hydrogens (tertiary/aromatic N) is 3. The number of hydrogen-bond donors (Lipinski definition) is 1. The highest BCUT2D eigenvalue weighted by atomic mass is 16.3. The molecule has 0 bridgehead atoms. The molecular formula is C21H22N4O3. The Balaban J connectivity index is 1.39. The van der Waals surface area contributed by atoms with E-state index in [1.54, 1.807) is 29.2 Å². The number of benzene rings is 1. The van der Waals surface area contributed by atoms with Crippen molar-refractivity contribution in [3.05, 3.63) is 59.3 Å². The minimum Gasteiger partial charge on any atom is -0.459 e. The van der Waals surface area contributed by atoms with Gasteiger partial charge in [0, 0.05) is 24.7 Å². The lowest BCUT2D eigenvalue weighted by atomic mass is 10.0. The maximum Gasteiger partial charge on any atom is 0.289 e. The van der Waals surface area contributed by atoms with Gasteiger partial charge in [-0.1, -0.05) is 0 Å². The van der Waals surface area contributed by atoms with E-state index in [-0.39, 0.29) is 17.9 Å². The van der Waals surface area contributed by atoms with Crippen molar-refractivity contribution in [1.29, 1.82) is 0 Å². The van der Waals surface area contributed by atoms with Gasteiger partial charge < -0.3 is 14.6 Å². The van der Waals surface area contributed by atoms with Gasteiger partial charge in [0.25, 0.3) is 11.8 Å². The third-order valence-electron chi connectivity index (χ3n) is 5.19. The fourth-order valence-electron chi connectivity index (χ4n) is 3.42. The van der Waals surface area contributed by atoms with E-state index in [1.165, 1.54) is 6.26 Å². The predicted octanol–water partition coefficient (Wildman–Crippen LogP) is 2.87. The normalized spacial score (nSPS) is 15.0. The van der Waals surface area contributed by atoms with E-state index in [9.17, 15) is 9.59 Å². The standard InChI is InChI=1S/C21H22N4O3/c1-13-14(2)23-18-12-15(5-6-17(18)22-13)20(26)24-16-7-9-25(10-8-16)21(27)19-4-3-11-28-19/h3-6,11-12,16H,7-10H2,1-2H3,(H,24,26). The summed E-state index contributed by atoms with van der Waals surface area (Å²) >= 11 is 0. The van der Waals surface area contributed by atoms with E-state index < -0.39 is 0 Å². The van der Waals surface area contributed by atoms with E-state index >= 15 is 0 Å². The number of hydrogen-bond acceptors (Lipinski definition) is 5. The highest BCUT2D eigenvalue weighted by molar-refractivity contribution is 5.97. The first-order valence-corrected chi connectivity index (χ1v) is 9.40. The van der Waals surface area contributed by atoms with E-state index in [2.05, 4.69) is 15.3 Å². The summed E-state index contributed by atoms with van der Waals surface area (Å²) in [5.74, 6) is 0.122. The van der Waals surface area contributed by atoms with Crippen molar-refractivity contribution in [2.75, 3.05) is 13.1 Å². The fraction of sp³-hybridized carbons (Fsp3) is 0.333. The Morgan fingerprint density at radius 1 is 1.07 bits per heavy atom. The SMILES string of the molecule is Cc1nc2ccc(C(=O)NC3CCN(C(=O)c4ccco4)CC3)cc2nc1C. The summed E-state index contributed by atoms with van der Waals surface area (Å²) in [4.78, 5) is 35.8. The smallest absolute Gasteiger partial charge is 0.289 e. The minimum atomic E-state index is -0.127. The zero-order valence-electron chi connectivity index (χ0n) is 15.9. The van der Waals surface area contributed by atoms with E-state index in [0.29, 0.717) is 37.3 Å². The molecule has 1 saturated heterocycles. The van der Waals surface area contributed by atoms with Gasteiger partial charge in [-0.3, -0.25) is 9.59 Å². The number of aromatic nitrogens is 2. The lowest BCUT2D eigenvalue weighted by Gasteiger charge is -2.31. The van der Waals surface area contributed by atoms with Crippen LogP contribution in [-0.4, -0.2) is 45.8 Å². The molecule has 144 valence electrons. The Kier molecular flexibility index (Phi) is 4.81. The number of aryl methyl sites for hydroxylation is 2.